The zero-order chi connectivity index (χ0) is 12.3. The van der Waals surface area contributed by atoms with Crippen LogP contribution in [0.1, 0.15) is 45.1 Å². The molecule has 1 aliphatic rings. The molecule has 0 aliphatic heterocycles. The second-order valence-corrected chi connectivity index (χ2v) is 5.87. The van der Waals surface area contributed by atoms with E-state index in [1.165, 1.54) is 36.9 Å². The predicted molar refractivity (Wildman–Crippen MR) is 75.4 cm³/mol. The summed E-state index contributed by atoms with van der Waals surface area (Å²) in [5, 5.41) is 3.67. The predicted octanol–water partition coefficient (Wildman–Crippen LogP) is 4.62. The SMILES string of the molecule is Cc1ccc(NC2CCC(C(C)C)CC2)cc1. The number of anilines is 1. The number of benzene rings is 1. The molecular formula is C16H25N. The normalized spacial score (nSPS) is 24.9. The largest absolute Gasteiger partial charge is 0.382 e. The molecule has 0 atom stereocenters. The molecule has 1 heteroatoms. The van der Waals surface area contributed by atoms with Crippen molar-refractivity contribution in [2.75, 3.05) is 5.32 Å². The third kappa shape index (κ3) is 3.49. The minimum absolute atomic E-state index is 0.688. The van der Waals surface area contributed by atoms with E-state index in [2.05, 4.69) is 50.4 Å². The first-order valence-corrected chi connectivity index (χ1v) is 6.98. The maximum Gasteiger partial charge on any atom is 0.0342 e. The summed E-state index contributed by atoms with van der Waals surface area (Å²) in [6, 6.07) is 9.45. The summed E-state index contributed by atoms with van der Waals surface area (Å²) in [6.45, 7) is 6.86. The van der Waals surface area contributed by atoms with Crippen molar-refractivity contribution < 1.29 is 0 Å². The molecule has 0 radical (unpaired) electrons. The van der Waals surface area contributed by atoms with E-state index in [9.17, 15) is 0 Å². The Hall–Kier alpha value is -0.980. The topological polar surface area (TPSA) is 12.0 Å². The van der Waals surface area contributed by atoms with E-state index >= 15 is 0 Å². The zero-order valence-electron chi connectivity index (χ0n) is 11.4. The standard InChI is InChI=1S/C16H25N/c1-12(2)14-6-10-16(11-7-14)17-15-8-4-13(3)5-9-15/h4-5,8-9,12,14,16-17H,6-7,10-11H2,1-3H3. The average molecular weight is 231 g/mol. The van der Waals surface area contributed by atoms with Crippen LogP contribution < -0.4 is 5.32 Å². The van der Waals surface area contributed by atoms with Crippen molar-refractivity contribution in [1.82, 2.24) is 0 Å². The highest BCUT2D eigenvalue weighted by atomic mass is 14.9. The van der Waals surface area contributed by atoms with Gasteiger partial charge in [0.15, 0.2) is 0 Å². The third-order valence-corrected chi connectivity index (χ3v) is 4.14. The second kappa shape index (κ2) is 5.57. The Morgan fingerprint density at radius 1 is 1.00 bits per heavy atom. The molecule has 1 fully saturated rings. The first kappa shape index (κ1) is 12.5. The molecule has 0 aromatic heterocycles. The molecule has 1 aromatic rings. The van der Waals surface area contributed by atoms with Gasteiger partial charge < -0.3 is 5.32 Å². The quantitative estimate of drug-likeness (QED) is 0.800. The van der Waals surface area contributed by atoms with E-state index in [1.54, 1.807) is 0 Å². The summed E-state index contributed by atoms with van der Waals surface area (Å²) in [7, 11) is 0. The van der Waals surface area contributed by atoms with Crippen molar-refractivity contribution in [3.05, 3.63) is 29.8 Å². The molecule has 0 heterocycles. The molecule has 0 bridgehead atoms. The molecule has 1 saturated carbocycles. The van der Waals surface area contributed by atoms with Crippen molar-refractivity contribution in [2.24, 2.45) is 11.8 Å². The Kier molecular flexibility index (Phi) is 4.09. The number of aryl methyl sites for hydroxylation is 1. The van der Waals surface area contributed by atoms with Crippen LogP contribution in [0.3, 0.4) is 0 Å². The van der Waals surface area contributed by atoms with Crippen LogP contribution in [0, 0.1) is 18.8 Å². The summed E-state index contributed by atoms with van der Waals surface area (Å²) in [5.41, 5.74) is 2.61. The zero-order valence-corrected chi connectivity index (χ0v) is 11.4. The second-order valence-electron chi connectivity index (χ2n) is 5.87. The van der Waals surface area contributed by atoms with Crippen LogP contribution in [0.4, 0.5) is 5.69 Å². The maximum atomic E-state index is 3.67. The average Bonchev–Trinajstić information content (AvgIpc) is 2.33. The van der Waals surface area contributed by atoms with E-state index in [0.717, 1.165) is 11.8 Å². The van der Waals surface area contributed by atoms with Crippen LogP contribution in [0.5, 0.6) is 0 Å². The fourth-order valence-electron chi connectivity index (χ4n) is 2.82. The van der Waals surface area contributed by atoms with Gasteiger partial charge in [-0.25, -0.2) is 0 Å². The van der Waals surface area contributed by atoms with Crippen LogP contribution in [0.15, 0.2) is 24.3 Å². The van der Waals surface area contributed by atoms with Crippen LogP contribution in [0.2, 0.25) is 0 Å². The highest BCUT2D eigenvalue weighted by Gasteiger charge is 2.22. The molecule has 0 amide bonds. The Labute approximate surface area is 106 Å². The summed E-state index contributed by atoms with van der Waals surface area (Å²) in [6.07, 6.45) is 5.44. The van der Waals surface area contributed by atoms with Gasteiger partial charge in [-0.3, -0.25) is 0 Å². The van der Waals surface area contributed by atoms with E-state index in [-0.39, 0.29) is 0 Å². The van der Waals surface area contributed by atoms with E-state index < -0.39 is 0 Å². The molecule has 0 unspecified atom stereocenters. The molecular weight excluding hydrogens is 206 g/mol. The summed E-state index contributed by atoms with van der Waals surface area (Å²) >= 11 is 0. The summed E-state index contributed by atoms with van der Waals surface area (Å²) in [5.74, 6) is 1.81. The number of rotatable bonds is 3. The van der Waals surface area contributed by atoms with Gasteiger partial charge in [0, 0.05) is 11.7 Å². The Balaban J connectivity index is 1.84. The fraction of sp³-hybridized carbons (Fsp3) is 0.625. The molecule has 1 N–H and O–H groups in total. The van der Waals surface area contributed by atoms with Gasteiger partial charge in [-0.15, -0.1) is 0 Å². The molecule has 2 rings (SSSR count). The van der Waals surface area contributed by atoms with Gasteiger partial charge in [0.2, 0.25) is 0 Å². The van der Waals surface area contributed by atoms with Gasteiger partial charge in [0.1, 0.15) is 0 Å². The van der Waals surface area contributed by atoms with Crippen molar-refractivity contribution >= 4 is 5.69 Å². The number of hydrogen-bond donors (Lipinski definition) is 1. The lowest BCUT2D eigenvalue weighted by atomic mass is 9.79. The molecule has 17 heavy (non-hydrogen) atoms. The molecule has 94 valence electrons. The van der Waals surface area contributed by atoms with E-state index in [1.807, 2.05) is 0 Å². The minimum atomic E-state index is 0.688. The van der Waals surface area contributed by atoms with Crippen molar-refractivity contribution in [3.63, 3.8) is 0 Å². The van der Waals surface area contributed by atoms with Gasteiger partial charge >= 0.3 is 0 Å². The molecule has 1 nitrogen and oxygen atoms in total. The summed E-state index contributed by atoms with van der Waals surface area (Å²) in [4.78, 5) is 0. The number of hydrogen-bond acceptors (Lipinski definition) is 1. The minimum Gasteiger partial charge on any atom is -0.382 e. The monoisotopic (exact) mass is 231 g/mol. The summed E-state index contributed by atoms with van der Waals surface area (Å²) < 4.78 is 0. The molecule has 0 spiro atoms. The lowest BCUT2D eigenvalue weighted by molar-refractivity contribution is 0.267. The highest BCUT2D eigenvalue weighted by molar-refractivity contribution is 5.45. The van der Waals surface area contributed by atoms with Gasteiger partial charge in [0.05, 0.1) is 0 Å². The van der Waals surface area contributed by atoms with Gasteiger partial charge in [-0.2, -0.15) is 0 Å². The molecule has 1 aromatic carbocycles. The smallest absolute Gasteiger partial charge is 0.0342 e. The van der Waals surface area contributed by atoms with E-state index in [0.29, 0.717) is 6.04 Å². The Bertz CT molecular complexity index is 331. The maximum absolute atomic E-state index is 3.67. The van der Waals surface area contributed by atoms with Crippen molar-refractivity contribution in [1.29, 1.82) is 0 Å². The fourth-order valence-corrected chi connectivity index (χ4v) is 2.82. The van der Waals surface area contributed by atoms with Gasteiger partial charge in [-0.1, -0.05) is 31.5 Å². The number of nitrogens with one attached hydrogen (secondary N) is 1. The van der Waals surface area contributed by atoms with Gasteiger partial charge in [-0.05, 0) is 56.6 Å². The molecule has 0 saturated heterocycles. The van der Waals surface area contributed by atoms with Gasteiger partial charge in [0.25, 0.3) is 0 Å². The molecule has 1 aliphatic carbocycles. The Morgan fingerprint density at radius 3 is 2.12 bits per heavy atom. The van der Waals surface area contributed by atoms with Crippen LogP contribution in [-0.2, 0) is 0 Å². The first-order chi connectivity index (χ1) is 8.15. The van der Waals surface area contributed by atoms with Crippen LogP contribution >= 0.6 is 0 Å². The first-order valence-electron chi connectivity index (χ1n) is 6.98. The highest BCUT2D eigenvalue weighted by Crippen LogP contribution is 2.31. The van der Waals surface area contributed by atoms with Crippen molar-refractivity contribution in [3.8, 4) is 0 Å². The Morgan fingerprint density at radius 2 is 1.59 bits per heavy atom. The lowest BCUT2D eigenvalue weighted by Gasteiger charge is -2.31. The van der Waals surface area contributed by atoms with Crippen molar-refractivity contribution in [2.45, 2.75) is 52.5 Å². The third-order valence-electron chi connectivity index (χ3n) is 4.14. The van der Waals surface area contributed by atoms with E-state index in [4.69, 9.17) is 0 Å². The lowest BCUT2D eigenvalue weighted by Crippen LogP contribution is -2.27. The van der Waals surface area contributed by atoms with Crippen LogP contribution in [0.25, 0.3) is 0 Å². The van der Waals surface area contributed by atoms with Crippen LogP contribution in [-0.4, -0.2) is 6.04 Å².